The zero-order valence-electron chi connectivity index (χ0n) is 11.8. The molecule has 0 radical (unpaired) electrons. The molecule has 0 aliphatic rings. The van der Waals surface area contributed by atoms with Gasteiger partial charge in [0.25, 0.3) is 0 Å². The Kier molecular flexibility index (Phi) is 4.56. The zero-order valence-corrected chi connectivity index (χ0v) is 13.4. The van der Waals surface area contributed by atoms with E-state index in [0.29, 0.717) is 5.02 Å². The molecule has 0 saturated carbocycles. The van der Waals surface area contributed by atoms with Gasteiger partial charge in [-0.3, -0.25) is 0 Å². The molecular weight excluding hydrogens is 308 g/mol. The van der Waals surface area contributed by atoms with Gasteiger partial charge >= 0.3 is 0 Å². The van der Waals surface area contributed by atoms with E-state index in [4.69, 9.17) is 17.3 Å². The molecule has 0 aromatic heterocycles. The van der Waals surface area contributed by atoms with Crippen LogP contribution in [0, 0.1) is 0 Å². The summed E-state index contributed by atoms with van der Waals surface area (Å²) >= 11 is 5.82. The van der Waals surface area contributed by atoms with Crippen molar-refractivity contribution >= 4 is 27.3 Å². The van der Waals surface area contributed by atoms with E-state index in [-0.39, 0.29) is 16.6 Å². The van der Waals surface area contributed by atoms with Crippen LogP contribution < -0.4 is 5.73 Å². The molecule has 2 aromatic carbocycles. The summed E-state index contributed by atoms with van der Waals surface area (Å²) in [6.45, 7) is 1.83. The highest BCUT2D eigenvalue weighted by atomic mass is 35.5. The summed E-state index contributed by atoms with van der Waals surface area (Å²) in [5.41, 5.74) is 6.85. The Labute approximate surface area is 130 Å². The Morgan fingerprint density at radius 1 is 1.14 bits per heavy atom. The number of halogens is 1. The Morgan fingerprint density at radius 3 is 2.33 bits per heavy atom. The molecule has 21 heavy (non-hydrogen) atoms. The Balaban J connectivity index is 2.39. The van der Waals surface area contributed by atoms with E-state index in [1.165, 1.54) is 22.5 Å². The van der Waals surface area contributed by atoms with Gasteiger partial charge in [-0.2, -0.15) is 4.31 Å². The molecule has 0 heterocycles. The summed E-state index contributed by atoms with van der Waals surface area (Å²) in [4.78, 5) is 0.0668. The van der Waals surface area contributed by atoms with Gasteiger partial charge in [-0.1, -0.05) is 41.9 Å². The van der Waals surface area contributed by atoms with Crippen LogP contribution in [-0.2, 0) is 10.0 Å². The second-order valence-corrected chi connectivity index (χ2v) is 7.19. The fourth-order valence-corrected chi connectivity index (χ4v) is 3.68. The van der Waals surface area contributed by atoms with Crippen LogP contribution in [-0.4, -0.2) is 19.8 Å². The number of benzene rings is 2. The van der Waals surface area contributed by atoms with E-state index in [1.54, 1.807) is 7.05 Å². The third-order valence-electron chi connectivity index (χ3n) is 3.46. The molecule has 0 fully saturated rings. The summed E-state index contributed by atoms with van der Waals surface area (Å²) in [6.07, 6.45) is 0. The maximum absolute atomic E-state index is 12.7. The van der Waals surface area contributed by atoms with Crippen LogP contribution in [0.2, 0.25) is 5.02 Å². The van der Waals surface area contributed by atoms with Crippen molar-refractivity contribution < 1.29 is 8.42 Å². The number of hydrogen-bond acceptors (Lipinski definition) is 3. The first-order chi connectivity index (χ1) is 9.84. The third kappa shape index (κ3) is 3.20. The molecule has 2 aromatic rings. The normalized spacial score (nSPS) is 13.3. The van der Waals surface area contributed by atoms with Crippen LogP contribution in [0.15, 0.2) is 53.4 Å². The van der Waals surface area contributed by atoms with Crippen molar-refractivity contribution in [1.29, 1.82) is 0 Å². The average molecular weight is 325 g/mol. The molecule has 0 saturated heterocycles. The van der Waals surface area contributed by atoms with Crippen molar-refractivity contribution in [2.45, 2.75) is 17.9 Å². The molecular formula is C15H17ClN2O2S. The Morgan fingerprint density at radius 2 is 1.76 bits per heavy atom. The summed E-state index contributed by atoms with van der Waals surface area (Å²) in [6, 6.07) is 13.5. The molecule has 6 heteroatoms. The summed E-state index contributed by atoms with van der Waals surface area (Å²) in [5, 5.41) is 0.408. The van der Waals surface area contributed by atoms with Gasteiger partial charge in [-0.25, -0.2) is 8.42 Å². The van der Waals surface area contributed by atoms with Crippen LogP contribution in [0.3, 0.4) is 0 Å². The van der Waals surface area contributed by atoms with Gasteiger partial charge in [-0.15, -0.1) is 0 Å². The maximum atomic E-state index is 12.7. The minimum atomic E-state index is -3.68. The topological polar surface area (TPSA) is 63.4 Å². The van der Waals surface area contributed by atoms with Gasteiger partial charge in [0, 0.05) is 18.1 Å². The van der Waals surface area contributed by atoms with Gasteiger partial charge in [0.05, 0.1) is 5.69 Å². The smallest absolute Gasteiger partial charge is 0.245 e. The van der Waals surface area contributed by atoms with Crippen molar-refractivity contribution in [2.24, 2.45) is 0 Å². The largest absolute Gasteiger partial charge is 0.398 e. The number of hydrogen-bond donors (Lipinski definition) is 1. The predicted molar refractivity (Wildman–Crippen MR) is 85.7 cm³/mol. The molecule has 0 bridgehead atoms. The first-order valence-electron chi connectivity index (χ1n) is 6.42. The van der Waals surface area contributed by atoms with E-state index in [0.717, 1.165) is 5.56 Å². The highest BCUT2D eigenvalue weighted by molar-refractivity contribution is 7.89. The van der Waals surface area contributed by atoms with Crippen molar-refractivity contribution in [2.75, 3.05) is 12.8 Å². The number of nitrogen functional groups attached to an aromatic ring is 1. The van der Waals surface area contributed by atoms with Crippen molar-refractivity contribution in [1.82, 2.24) is 4.31 Å². The second kappa shape index (κ2) is 6.05. The van der Waals surface area contributed by atoms with Crippen LogP contribution in [0.4, 0.5) is 5.69 Å². The van der Waals surface area contributed by atoms with Gasteiger partial charge in [0.2, 0.25) is 10.0 Å². The zero-order chi connectivity index (χ0) is 15.6. The number of sulfonamides is 1. The third-order valence-corrected chi connectivity index (χ3v) is 5.69. The Bertz CT molecular complexity index is 733. The number of rotatable bonds is 4. The quantitative estimate of drug-likeness (QED) is 0.878. The van der Waals surface area contributed by atoms with Crippen LogP contribution in [0.25, 0.3) is 0 Å². The van der Waals surface area contributed by atoms with Crippen LogP contribution >= 0.6 is 11.6 Å². The number of anilines is 1. The second-order valence-electron chi connectivity index (χ2n) is 4.79. The van der Waals surface area contributed by atoms with E-state index in [2.05, 4.69) is 0 Å². The van der Waals surface area contributed by atoms with Crippen molar-refractivity contribution in [3.8, 4) is 0 Å². The molecule has 2 rings (SSSR count). The summed E-state index contributed by atoms with van der Waals surface area (Å²) < 4.78 is 26.7. The minimum absolute atomic E-state index is 0.0668. The lowest BCUT2D eigenvalue weighted by Crippen LogP contribution is -2.30. The predicted octanol–water partition coefficient (Wildman–Crippen LogP) is 3.30. The van der Waals surface area contributed by atoms with Gasteiger partial charge in [0.1, 0.15) is 4.90 Å². The lowest BCUT2D eigenvalue weighted by Gasteiger charge is -2.25. The Hall–Kier alpha value is -1.56. The molecule has 0 spiro atoms. The van der Waals surface area contributed by atoms with Crippen molar-refractivity contribution in [3.63, 3.8) is 0 Å². The first-order valence-corrected chi connectivity index (χ1v) is 8.24. The van der Waals surface area contributed by atoms with E-state index in [9.17, 15) is 8.42 Å². The van der Waals surface area contributed by atoms with Gasteiger partial charge < -0.3 is 5.73 Å². The van der Waals surface area contributed by atoms with Crippen LogP contribution in [0.5, 0.6) is 0 Å². The lowest BCUT2D eigenvalue weighted by atomic mass is 10.1. The molecule has 0 aliphatic carbocycles. The molecule has 2 N–H and O–H groups in total. The molecule has 0 aliphatic heterocycles. The highest BCUT2D eigenvalue weighted by Crippen LogP contribution is 2.29. The van der Waals surface area contributed by atoms with E-state index in [1.807, 2.05) is 37.3 Å². The minimum Gasteiger partial charge on any atom is -0.398 e. The van der Waals surface area contributed by atoms with Gasteiger partial charge in [0.15, 0.2) is 0 Å². The molecule has 1 unspecified atom stereocenters. The average Bonchev–Trinajstić information content (AvgIpc) is 2.46. The summed E-state index contributed by atoms with van der Waals surface area (Å²) in [7, 11) is -2.14. The van der Waals surface area contributed by atoms with Crippen molar-refractivity contribution in [3.05, 3.63) is 59.1 Å². The monoisotopic (exact) mass is 324 g/mol. The first kappa shape index (κ1) is 15.8. The number of nitrogens with zero attached hydrogens (tertiary/aromatic N) is 1. The molecule has 1 atom stereocenters. The fourth-order valence-electron chi connectivity index (χ4n) is 2.06. The standard InChI is InChI=1S/C15H17ClN2O2S/c1-11(12-6-4-3-5-7-12)18(2)21(19,20)15-9-8-13(16)10-14(15)17/h3-11H,17H2,1-2H3. The highest BCUT2D eigenvalue weighted by Gasteiger charge is 2.27. The molecule has 0 amide bonds. The maximum Gasteiger partial charge on any atom is 0.245 e. The molecule has 4 nitrogen and oxygen atoms in total. The fraction of sp³-hybridized carbons (Fsp3) is 0.200. The summed E-state index contributed by atoms with van der Waals surface area (Å²) in [5.74, 6) is 0. The SMILES string of the molecule is CC(c1ccccc1)N(C)S(=O)(=O)c1ccc(Cl)cc1N. The number of nitrogens with two attached hydrogens (primary N) is 1. The van der Waals surface area contributed by atoms with E-state index >= 15 is 0 Å². The van der Waals surface area contributed by atoms with E-state index < -0.39 is 10.0 Å². The lowest BCUT2D eigenvalue weighted by molar-refractivity contribution is 0.398. The van der Waals surface area contributed by atoms with Gasteiger partial charge in [-0.05, 0) is 30.7 Å². The molecule has 112 valence electrons. The van der Waals surface area contributed by atoms with Crippen LogP contribution in [0.1, 0.15) is 18.5 Å².